The van der Waals surface area contributed by atoms with Gasteiger partial charge in [-0.05, 0) is 55.8 Å². The lowest BCUT2D eigenvalue weighted by atomic mass is 9.61. The van der Waals surface area contributed by atoms with Crippen LogP contribution in [-0.4, -0.2) is 35.4 Å². The lowest BCUT2D eigenvalue weighted by Crippen LogP contribution is -2.53. The second-order valence-electron chi connectivity index (χ2n) is 7.39. The molecule has 0 aromatic heterocycles. The Morgan fingerprint density at radius 2 is 1.96 bits per heavy atom. The molecule has 1 aliphatic heterocycles. The highest BCUT2D eigenvalue weighted by atomic mass is 16.3. The number of likely N-dealkylation sites (N-methyl/N-ethyl adjacent to an activating group) is 1. The van der Waals surface area contributed by atoms with E-state index >= 15 is 0 Å². The van der Waals surface area contributed by atoms with Gasteiger partial charge in [0.15, 0.2) is 5.78 Å². The number of ketones is 1. The Morgan fingerprint density at radius 3 is 2.72 bits per heavy atom. The molecule has 1 heterocycles. The molecule has 2 bridgehead atoms. The molecule has 2 atom stereocenters. The molecule has 1 aliphatic carbocycles. The Bertz CT molecular complexity index is 827. The van der Waals surface area contributed by atoms with Gasteiger partial charge in [0.1, 0.15) is 5.75 Å². The topological polar surface area (TPSA) is 40.5 Å². The molecule has 2 fully saturated rings. The number of hydrogen-bond donors (Lipinski definition) is 1. The van der Waals surface area contributed by atoms with Crippen LogP contribution in [0.5, 0.6) is 5.75 Å². The summed E-state index contributed by atoms with van der Waals surface area (Å²) in [6, 6.07) is 17.7. The first-order valence-corrected chi connectivity index (χ1v) is 8.87. The zero-order valence-corrected chi connectivity index (χ0v) is 14.5. The summed E-state index contributed by atoms with van der Waals surface area (Å²) >= 11 is 0. The highest BCUT2D eigenvalue weighted by Crippen LogP contribution is 2.47. The van der Waals surface area contributed by atoms with E-state index in [-0.39, 0.29) is 23.0 Å². The number of likely N-dealkylation sites (tertiary alicyclic amines) is 1. The van der Waals surface area contributed by atoms with Crippen LogP contribution in [0, 0.1) is 0 Å². The number of nitrogens with zero attached hydrogens (tertiary/aromatic N) is 1. The molecule has 2 aromatic carbocycles. The largest absolute Gasteiger partial charge is 0.508 e. The minimum Gasteiger partial charge on any atom is -0.508 e. The zero-order valence-electron chi connectivity index (χ0n) is 14.5. The summed E-state index contributed by atoms with van der Waals surface area (Å²) in [5.41, 5.74) is 2.94. The van der Waals surface area contributed by atoms with Crippen molar-refractivity contribution < 1.29 is 9.90 Å². The molecular weight excluding hydrogens is 310 g/mol. The highest BCUT2D eigenvalue weighted by molar-refractivity contribution is 6.02. The number of carbonyl (C=O) groups is 1. The molecule has 4 rings (SSSR count). The second kappa shape index (κ2) is 6.16. The molecule has 25 heavy (non-hydrogen) atoms. The van der Waals surface area contributed by atoms with Crippen LogP contribution in [0.4, 0.5) is 0 Å². The zero-order chi connectivity index (χ0) is 17.4. The number of fused-ring (bicyclic) bond motifs is 2. The van der Waals surface area contributed by atoms with Crippen LogP contribution in [0.2, 0.25) is 0 Å². The van der Waals surface area contributed by atoms with Crippen molar-refractivity contribution in [2.45, 2.75) is 30.7 Å². The monoisotopic (exact) mass is 333 g/mol. The Hall–Kier alpha value is -2.39. The summed E-state index contributed by atoms with van der Waals surface area (Å²) in [7, 11) is 2.11. The van der Waals surface area contributed by atoms with Crippen molar-refractivity contribution in [3.63, 3.8) is 0 Å². The number of aromatic hydroxyl groups is 1. The van der Waals surface area contributed by atoms with Gasteiger partial charge in [-0.3, -0.25) is 9.69 Å². The van der Waals surface area contributed by atoms with Crippen LogP contribution in [0.15, 0.2) is 60.2 Å². The molecule has 3 heteroatoms. The third kappa shape index (κ3) is 2.89. The van der Waals surface area contributed by atoms with Crippen LogP contribution >= 0.6 is 0 Å². The van der Waals surface area contributed by atoms with E-state index in [1.165, 1.54) is 0 Å². The number of benzene rings is 2. The van der Waals surface area contributed by atoms with Crippen LogP contribution < -0.4 is 0 Å². The van der Waals surface area contributed by atoms with E-state index in [1.807, 2.05) is 42.5 Å². The van der Waals surface area contributed by atoms with Gasteiger partial charge in [0, 0.05) is 23.5 Å². The summed E-state index contributed by atoms with van der Waals surface area (Å²) in [5.74, 6) is 0.510. The Balaban J connectivity index is 1.74. The van der Waals surface area contributed by atoms with E-state index < -0.39 is 0 Å². The number of rotatable bonds is 2. The summed E-state index contributed by atoms with van der Waals surface area (Å²) in [6.07, 6.45) is 4.46. The number of phenols is 1. The first-order chi connectivity index (χ1) is 12.1. The molecule has 2 aromatic rings. The van der Waals surface area contributed by atoms with Crippen LogP contribution in [0.3, 0.4) is 0 Å². The first kappa shape index (κ1) is 16.1. The maximum absolute atomic E-state index is 13.1. The van der Waals surface area contributed by atoms with Crippen molar-refractivity contribution in [3.05, 3.63) is 71.3 Å². The molecule has 0 radical (unpaired) electrons. The van der Waals surface area contributed by atoms with E-state index in [2.05, 4.69) is 24.1 Å². The summed E-state index contributed by atoms with van der Waals surface area (Å²) in [4.78, 5) is 15.4. The predicted molar refractivity (Wildman–Crippen MR) is 99.5 cm³/mol. The van der Waals surface area contributed by atoms with Crippen molar-refractivity contribution >= 4 is 11.9 Å². The molecule has 1 saturated carbocycles. The number of Topliss-reactive ketones (excluding diaryl/α,β-unsaturated/α-hetero) is 1. The second-order valence-corrected chi connectivity index (χ2v) is 7.39. The Morgan fingerprint density at radius 1 is 1.16 bits per heavy atom. The van der Waals surface area contributed by atoms with Crippen LogP contribution in [0.1, 0.15) is 30.4 Å². The minimum atomic E-state index is -0.152. The minimum absolute atomic E-state index is 0.137. The normalized spacial score (nSPS) is 28.3. The standard InChI is InChI=1S/C22H23NO2/c1-23-11-10-22(17-8-5-9-18(24)13-17)14-20(23)19(21(25)15-22)12-16-6-3-2-4-7-16/h2-9,12-13,20,24H,10-11,14-15H2,1H3/t20-,22-/m1/s1. The van der Waals surface area contributed by atoms with Gasteiger partial charge in [0.2, 0.25) is 0 Å². The Kier molecular flexibility index (Phi) is 3.97. The lowest BCUT2D eigenvalue weighted by Gasteiger charge is -2.50. The fourth-order valence-electron chi connectivity index (χ4n) is 4.38. The number of piperidine rings is 1. The SMILES string of the molecule is CN1CC[C@]2(c3cccc(O)c3)CC(=O)C(=Cc3ccccc3)[C@H]1C2. The molecule has 1 N–H and O–H groups in total. The van der Waals surface area contributed by atoms with Crippen LogP contribution in [0.25, 0.3) is 6.08 Å². The molecule has 0 unspecified atom stereocenters. The third-order valence-electron chi connectivity index (χ3n) is 5.82. The Labute approximate surface area is 148 Å². The van der Waals surface area contributed by atoms with Gasteiger partial charge in [-0.25, -0.2) is 0 Å². The lowest BCUT2D eigenvalue weighted by molar-refractivity contribution is -0.120. The predicted octanol–water partition coefficient (Wildman–Crippen LogP) is 3.78. The van der Waals surface area contributed by atoms with Gasteiger partial charge in [-0.2, -0.15) is 0 Å². The smallest absolute Gasteiger partial charge is 0.161 e. The van der Waals surface area contributed by atoms with E-state index in [0.717, 1.165) is 36.1 Å². The summed E-state index contributed by atoms with van der Waals surface area (Å²) in [6.45, 7) is 0.958. The van der Waals surface area contributed by atoms with Gasteiger partial charge in [0.25, 0.3) is 0 Å². The molecule has 3 nitrogen and oxygen atoms in total. The third-order valence-corrected chi connectivity index (χ3v) is 5.82. The average Bonchev–Trinajstić information content (AvgIpc) is 2.62. The van der Waals surface area contributed by atoms with Crippen molar-refractivity contribution in [2.75, 3.05) is 13.6 Å². The highest BCUT2D eigenvalue weighted by Gasteiger charge is 2.48. The fraction of sp³-hybridized carbons (Fsp3) is 0.318. The average molecular weight is 333 g/mol. The molecular formula is C22H23NO2. The summed E-state index contributed by atoms with van der Waals surface area (Å²) < 4.78 is 0. The van der Waals surface area contributed by atoms with Crippen molar-refractivity contribution in [2.24, 2.45) is 0 Å². The maximum atomic E-state index is 13.1. The quantitative estimate of drug-likeness (QED) is 0.850. The van der Waals surface area contributed by atoms with E-state index in [1.54, 1.807) is 6.07 Å². The van der Waals surface area contributed by atoms with E-state index in [4.69, 9.17) is 0 Å². The van der Waals surface area contributed by atoms with Gasteiger partial charge in [-0.1, -0.05) is 42.5 Å². The van der Waals surface area contributed by atoms with Crippen LogP contribution in [-0.2, 0) is 10.2 Å². The van der Waals surface area contributed by atoms with E-state index in [0.29, 0.717) is 6.42 Å². The maximum Gasteiger partial charge on any atom is 0.161 e. The van der Waals surface area contributed by atoms with Crippen molar-refractivity contribution in [1.29, 1.82) is 0 Å². The molecule has 128 valence electrons. The fourth-order valence-corrected chi connectivity index (χ4v) is 4.38. The molecule has 2 aliphatic rings. The van der Waals surface area contributed by atoms with Gasteiger partial charge >= 0.3 is 0 Å². The molecule has 0 spiro atoms. The van der Waals surface area contributed by atoms with Gasteiger partial charge in [-0.15, -0.1) is 0 Å². The number of phenolic OH excluding ortho intramolecular Hbond substituents is 1. The first-order valence-electron chi connectivity index (χ1n) is 8.87. The summed E-state index contributed by atoms with van der Waals surface area (Å²) in [5, 5.41) is 9.90. The number of carbonyl (C=O) groups excluding carboxylic acids is 1. The van der Waals surface area contributed by atoms with Crippen molar-refractivity contribution in [1.82, 2.24) is 4.90 Å². The molecule has 0 amide bonds. The number of hydrogen-bond acceptors (Lipinski definition) is 3. The van der Waals surface area contributed by atoms with Gasteiger partial charge < -0.3 is 5.11 Å². The van der Waals surface area contributed by atoms with E-state index in [9.17, 15) is 9.90 Å². The molecule has 1 saturated heterocycles. The van der Waals surface area contributed by atoms with Gasteiger partial charge in [0.05, 0.1) is 0 Å². The van der Waals surface area contributed by atoms with Crippen molar-refractivity contribution in [3.8, 4) is 5.75 Å².